The van der Waals surface area contributed by atoms with Crippen molar-refractivity contribution in [2.75, 3.05) is 19.8 Å². The van der Waals surface area contributed by atoms with Crippen LogP contribution in [0.25, 0.3) is 0 Å². The maximum Gasteiger partial charge on any atom is 0.306 e. The Morgan fingerprint density at radius 3 is 1.18 bits per heavy atom. The third-order valence-corrected chi connectivity index (χ3v) is 10.3. The Bertz CT molecular complexity index is 958. The van der Waals surface area contributed by atoms with E-state index in [-0.39, 0.29) is 19.2 Å². The number of rotatable bonds is 44. The Morgan fingerprint density at radius 2 is 0.804 bits per heavy atom. The molecule has 1 unspecified atom stereocenters. The number of ether oxygens (including phenoxy) is 2. The van der Waals surface area contributed by atoms with Crippen LogP contribution in [0.1, 0.15) is 226 Å². The van der Waals surface area contributed by atoms with E-state index in [1.54, 1.807) is 0 Å². The Labute approximate surface area is 348 Å². The summed E-state index contributed by atoms with van der Waals surface area (Å²) >= 11 is 0. The van der Waals surface area contributed by atoms with Gasteiger partial charge in [0.1, 0.15) is 6.10 Å². The summed E-state index contributed by atoms with van der Waals surface area (Å²) in [6, 6.07) is 0. The fraction of sp³-hybridized carbons (Fsp3) is 0.750. The highest BCUT2D eigenvalue weighted by molar-refractivity contribution is 5.69. The molecule has 0 fully saturated rings. The zero-order valence-corrected chi connectivity index (χ0v) is 37.1. The Morgan fingerprint density at radius 1 is 0.446 bits per heavy atom. The van der Waals surface area contributed by atoms with Crippen LogP contribution in [-0.4, -0.2) is 37.0 Å². The van der Waals surface area contributed by atoms with Crippen molar-refractivity contribution in [2.45, 2.75) is 232 Å². The second kappa shape index (κ2) is 49.0. The molecule has 0 aliphatic rings. The topological polar surface area (TPSA) is 55.8 Å². The first-order chi connectivity index (χ1) is 27.7. The zero-order chi connectivity index (χ0) is 40.5. The van der Waals surface area contributed by atoms with Crippen molar-refractivity contribution in [1.29, 1.82) is 0 Å². The molecule has 4 nitrogen and oxygen atoms in total. The summed E-state index contributed by atoms with van der Waals surface area (Å²) < 4.78 is 11.2. The Hall–Kier alpha value is -2.17. The number of aliphatic hydroxyl groups is 1. The van der Waals surface area contributed by atoms with Crippen molar-refractivity contribution in [3.05, 3.63) is 72.9 Å². The summed E-state index contributed by atoms with van der Waals surface area (Å²) in [7, 11) is 0. The fourth-order valence-corrected chi connectivity index (χ4v) is 6.74. The molecule has 0 bridgehead atoms. The molecule has 0 heterocycles. The highest BCUT2D eigenvalue weighted by Crippen LogP contribution is 2.16. The highest BCUT2D eigenvalue weighted by Gasteiger charge is 2.13. The molecule has 0 rings (SSSR count). The van der Waals surface area contributed by atoms with E-state index in [1.165, 1.54) is 141 Å². The van der Waals surface area contributed by atoms with Gasteiger partial charge < -0.3 is 14.6 Å². The maximum atomic E-state index is 12.2. The lowest BCUT2D eigenvalue weighted by atomic mass is 10.0. The highest BCUT2D eigenvalue weighted by atomic mass is 16.6. The van der Waals surface area contributed by atoms with E-state index >= 15 is 0 Å². The number of allylic oxidation sites excluding steroid dienone is 12. The molecule has 56 heavy (non-hydrogen) atoms. The molecule has 0 aliphatic carbocycles. The van der Waals surface area contributed by atoms with Gasteiger partial charge in [-0.05, 0) is 64.2 Å². The fourth-order valence-electron chi connectivity index (χ4n) is 6.74. The molecule has 0 aliphatic heterocycles. The lowest BCUT2D eigenvalue weighted by Crippen LogP contribution is -2.27. The molecule has 0 radical (unpaired) electrons. The van der Waals surface area contributed by atoms with Crippen molar-refractivity contribution >= 4 is 5.97 Å². The summed E-state index contributed by atoms with van der Waals surface area (Å²) in [5, 5.41) is 9.63. The molecule has 1 N–H and O–H groups in total. The molecule has 1 atom stereocenters. The van der Waals surface area contributed by atoms with Gasteiger partial charge in [0.15, 0.2) is 0 Å². The number of aliphatic hydroxyl groups excluding tert-OH is 1. The van der Waals surface area contributed by atoms with Crippen LogP contribution in [-0.2, 0) is 14.3 Å². The van der Waals surface area contributed by atoms with Crippen molar-refractivity contribution in [3.8, 4) is 0 Å². The van der Waals surface area contributed by atoms with Crippen LogP contribution < -0.4 is 0 Å². The second-order valence-electron chi connectivity index (χ2n) is 15.8. The van der Waals surface area contributed by atoms with E-state index in [0.717, 1.165) is 64.2 Å². The second-order valence-corrected chi connectivity index (χ2v) is 15.8. The van der Waals surface area contributed by atoms with E-state index in [1.807, 2.05) is 0 Å². The minimum absolute atomic E-state index is 0.191. The van der Waals surface area contributed by atoms with E-state index in [2.05, 4.69) is 86.8 Å². The molecule has 0 amide bonds. The van der Waals surface area contributed by atoms with Gasteiger partial charge in [-0.25, -0.2) is 0 Å². The average Bonchev–Trinajstić information content (AvgIpc) is 3.20. The SMILES string of the molecule is CC/C=C\C/C=C\C/C=C\C/C=C\C/C=C\C/C=C\CCCCC(=O)OC(CO)COCCCCCCCCCCCCCCCCCCCCCCCCC. The summed E-state index contributed by atoms with van der Waals surface area (Å²) in [6.07, 6.45) is 67.0. The first-order valence-electron chi connectivity index (χ1n) is 24.0. The Balaban J connectivity index is 3.48. The standard InChI is InChI=1S/C52H92O4/c1-3-5-7-9-11-13-15-17-19-21-23-25-26-28-30-32-34-36-38-40-42-44-46-48-55-50-51(49-53)56-52(54)47-45-43-41-39-37-35-33-31-29-27-24-22-20-18-16-14-12-10-8-6-4-2/h6,8,12,14,18,20,24,27,31,33,37,39,51,53H,3-5,7,9-11,13,15-17,19,21-23,25-26,28-30,32,34-36,38,40-50H2,1-2H3/b8-6-,14-12-,20-18-,27-24-,33-31-,39-37-. The average molecular weight is 781 g/mol. The molecule has 0 aromatic rings. The van der Waals surface area contributed by atoms with Gasteiger partial charge in [0.25, 0.3) is 0 Å². The van der Waals surface area contributed by atoms with Gasteiger partial charge in [-0.3, -0.25) is 4.79 Å². The number of unbranched alkanes of at least 4 members (excludes halogenated alkanes) is 24. The molecule has 0 aromatic carbocycles. The molecule has 4 heteroatoms. The number of hydrogen-bond acceptors (Lipinski definition) is 4. The van der Waals surface area contributed by atoms with Crippen LogP contribution in [0, 0.1) is 0 Å². The van der Waals surface area contributed by atoms with Crippen molar-refractivity contribution < 1.29 is 19.4 Å². The summed E-state index contributed by atoms with van der Waals surface area (Å²) in [6.45, 7) is 5.21. The van der Waals surface area contributed by atoms with Crippen LogP contribution in [0.3, 0.4) is 0 Å². The summed E-state index contributed by atoms with van der Waals surface area (Å²) in [5.74, 6) is -0.241. The van der Waals surface area contributed by atoms with E-state index in [4.69, 9.17) is 9.47 Å². The molecule has 324 valence electrons. The van der Waals surface area contributed by atoms with Crippen LogP contribution in [0.5, 0.6) is 0 Å². The van der Waals surface area contributed by atoms with Crippen LogP contribution >= 0.6 is 0 Å². The number of hydrogen-bond donors (Lipinski definition) is 1. The normalized spacial score (nSPS) is 13.0. The number of esters is 1. The van der Waals surface area contributed by atoms with Crippen molar-refractivity contribution in [2.24, 2.45) is 0 Å². The summed E-state index contributed by atoms with van der Waals surface area (Å²) in [5.41, 5.74) is 0. The smallest absolute Gasteiger partial charge is 0.306 e. The van der Waals surface area contributed by atoms with Gasteiger partial charge in [0, 0.05) is 13.0 Å². The third-order valence-electron chi connectivity index (χ3n) is 10.3. The predicted molar refractivity (Wildman–Crippen MR) is 246 cm³/mol. The van der Waals surface area contributed by atoms with E-state index in [9.17, 15) is 9.90 Å². The first-order valence-corrected chi connectivity index (χ1v) is 24.0. The first kappa shape index (κ1) is 53.8. The minimum atomic E-state index is -0.560. The van der Waals surface area contributed by atoms with Gasteiger partial charge in [-0.1, -0.05) is 228 Å². The maximum absolute atomic E-state index is 12.2. The zero-order valence-electron chi connectivity index (χ0n) is 37.1. The van der Waals surface area contributed by atoms with Crippen LogP contribution in [0.15, 0.2) is 72.9 Å². The van der Waals surface area contributed by atoms with E-state index < -0.39 is 6.10 Å². The van der Waals surface area contributed by atoms with Gasteiger partial charge in [0.05, 0.1) is 13.2 Å². The van der Waals surface area contributed by atoms with Crippen molar-refractivity contribution in [1.82, 2.24) is 0 Å². The monoisotopic (exact) mass is 781 g/mol. The molecule has 0 spiro atoms. The van der Waals surface area contributed by atoms with Gasteiger partial charge in [-0.2, -0.15) is 0 Å². The van der Waals surface area contributed by atoms with Gasteiger partial charge in [-0.15, -0.1) is 0 Å². The minimum Gasteiger partial charge on any atom is -0.457 e. The van der Waals surface area contributed by atoms with Crippen LogP contribution in [0.4, 0.5) is 0 Å². The van der Waals surface area contributed by atoms with Crippen LogP contribution in [0.2, 0.25) is 0 Å². The lowest BCUT2D eigenvalue weighted by Gasteiger charge is -2.15. The molecular weight excluding hydrogens is 689 g/mol. The summed E-state index contributed by atoms with van der Waals surface area (Å²) in [4.78, 5) is 12.2. The third kappa shape index (κ3) is 46.2. The van der Waals surface area contributed by atoms with Gasteiger partial charge in [0.2, 0.25) is 0 Å². The molecule has 0 saturated carbocycles. The lowest BCUT2D eigenvalue weighted by molar-refractivity contribution is -0.154. The molecule has 0 aromatic heterocycles. The number of carbonyl (C=O) groups excluding carboxylic acids is 1. The van der Waals surface area contributed by atoms with E-state index in [0.29, 0.717) is 13.0 Å². The molecule has 0 saturated heterocycles. The van der Waals surface area contributed by atoms with Crippen molar-refractivity contribution in [3.63, 3.8) is 0 Å². The predicted octanol–water partition coefficient (Wildman–Crippen LogP) is 16.2. The number of carbonyl (C=O) groups is 1. The van der Waals surface area contributed by atoms with Gasteiger partial charge >= 0.3 is 5.97 Å². The molecular formula is C52H92O4. The quantitative estimate of drug-likeness (QED) is 0.0380. The Kier molecular flexibility index (Phi) is 47.1. The largest absolute Gasteiger partial charge is 0.457 e.